The van der Waals surface area contributed by atoms with Crippen molar-refractivity contribution < 1.29 is 4.79 Å². The summed E-state index contributed by atoms with van der Waals surface area (Å²) in [5.74, 6) is 4.34. The van der Waals surface area contributed by atoms with E-state index in [9.17, 15) is 4.79 Å². The Kier molecular flexibility index (Phi) is 2.11. The Morgan fingerprint density at radius 1 is 1.24 bits per heavy atom. The molecule has 0 aromatic heterocycles. The molecular formula is C14H22N2O. The SMILES string of the molecule is C[C@H]1CNCCN1C(=O)C1C2C3CCC(C3)C12. The van der Waals surface area contributed by atoms with Crippen molar-refractivity contribution >= 4 is 5.91 Å². The average molecular weight is 234 g/mol. The topological polar surface area (TPSA) is 32.3 Å². The molecule has 17 heavy (non-hydrogen) atoms. The predicted octanol–water partition coefficient (Wildman–Crippen LogP) is 1.10. The van der Waals surface area contributed by atoms with E-state index in [0.29, 0.717) is 17.9 Å². The molecule has 3 heteroatoms. The summed E-state index contributed by atoms with van der Waals surface area (Å²) in [6.45, 7) is 5.05. The molecule has 3 saturated carbocycles. The monoisotopic (exact) mass is 234 g/mol. The molecule has 3 aliphatic carbocycles. The van der Waals surface area contributed by atoms with Gasteiger partial charge in [-0.1, -0.05) is 0 Å². The van der Waals surface area contributed by atoms with Gasteiger partial charge in [0.15, 0.2) is 0 Å². The Bertz CT molecular complexity index is 340. The number of piperazine rings is 1. The van der Waals surface area contributed by atoms with Crippen LogP contribution >= 0.6 is 0 Å². The van der Waals surface area contributed by atoms with Crippen LogP contribution in [-0.2, 0) is 4.79 Å². The zero-order valence-corrected chi connectivity index (χ0v) is 10.6. The van der Waals surface area contributed by atoms with Crippen LogP contribution in [-0.4, -0.2) is 36.5 Å². The fourth-order valence-corrected chi connectivity index (χ4v) is 5.02. The summed E-state index contributed by atoms with van der Waals surface area (Å²) in [5, 5.41) is 3.37. The summed E-state index contributed by atoms with van der Waals surface area (Å²) in [4.78, 5) is 14.8. The number of rotatable bonds is 1. The average Bonchev–Trinajstić information content (AvgIpc) is 2.77. The highest BCUT2D eigenvalue weighted by molar-refractivity contribution is 5.83. The first kappa shape index (κ1) is 10.4. The number of carbonyl (C=O) groups excluding carboxylic acids is 1. The van der Waals surface area contributed by atoms with Crippen LogP contribution in [0.3, 0.4) is 0 Å². The summed E-state index contributed by atoms with van der Waals surface area (Å²) in [5.41, 5.74) is 0. The Morgan fingerprint density at radius 2 is 1.94 bits per heavy atom. The number of fused-ring (bicyclic) bond motifs is 5. The fourth-order valence-electron chi connectivity index (χ4n) is 5.02. The van der Waals surface area contributed by atoms with E-state index in [1.807, 2.05) is 0 Å². The van der Waals surface area contributed by atoms with Gasteiger partial charge in [-0.05, 0) is 49.9 Å². The quantitative estimate of drug-likeness (QED) is 0.737. The summed E-state index contributed by atoms with van der Waals surface area (Å²) in [6.07, 6.45) is 4.26. The lowest BCUT2D eigenvalue weighted by atomic mass is 10.0. The van der Waals surface area contributed by atoms with Gasteiger partial charge in [-0.3, -0.25) is 4.79 Å². The number of hydrogen-bond acceptors (Lipinski definition) is 2. The maximum Gasteiger partial charge on any atom is 0.226 e. The molecule has 5 atom stereocenters. The van der Waals surface area contributed by atoms with E-state index in [1.165, 1.54) is 19.3 Å². The van der Waals surface area contributed by atoms with E-state index >= 15 is 0 Å². The number of nitrogens with zero attached hydrogens (tertiary/aromatic N) is 1. The Hall–Kier alpha value is -0.570. The maximum atomic E-state index is 12.6. The van der Waals surface area contributed by atoms with E-state index < -0.39 is 0 Å². The molecule has 1 saturated heterocycles. The van der Waals surface area contributed by atoms with Gasteiger partial charge in [0, 0.05) is 31.6 Å². The van der Waals surface area contributed by atoms with Gasteiger partial charge in [0.1, 0.15) is 0 Å². The molecule has 0 radical (unpaired) electrons. The first-order valence-corrected chi connectivity index (χ1v) is 7.28. The Labute approximate surface area is 103 Å². The van der Waals surface area contributed by atoms with Crippen molar-refractivity contribution in [1.82, 2.24) is 10.2 Å². The van der Waals surface area contributed by atoms with Gasteiger partial charge in [0.25, 0.3) is 0 Å². The maximum absolute atomic E-state index is 12.6. The minimum atomic E-state index is 0.398. The molecule has 3 nitrogen and oxygen atoms in total. The van der Waals surface area contributed by atoms with Crippen LogP contribution in [0.15, 0.2) is 0 Å². The molecule has 0 spiro atoms. The molecule has 4 fully saturated rings. The van der Waals surface area contributed by atoms with E-state index in [1.54, 1.807) is 0 Å². The van der Waals surface area contributed by atoms with Crippen molar-refractivity contribution in [2.45, 2.75) is 32.2 Å². The standard InChI is InChI=1S/C14H22N2O/c1-8-7-15-4-5-16(8)14(17)13-11-9-2-3-10(6-9)12(11)13/h8-13,15H,2-7H2,1H3/t8-,9?,10?,11?,12?,13?/m0/s1. The first-order valence-electron chi connectivity index (χ1n) is 7.28. The number of hydrogen-bond donors (Lipinski definition) is 1. The molecule has 4 aliphatic rings. The molecule has 4 rings (SSSR count). The second-order valence-electron chi connectivity index (χ2n) is 6.60. The highest BCUT2D eigenvalue weighted by Gasteiger charge is 2.68. The van der Waals surface area contributed by atoms with Crippen LogP contribution in [0, 0.1) is 29.6 Å². The van der Waals surface area contributed by atoms with Crippen molar-refractivity contribution in [1.29, 1.82) is 0 Å². The van der Waals surface area contributed by atoms with Gasteiger partial charge < -0.3 is 10.2 Å². The number of carbonyl (C=O) groups is 1. The van der Waals surface area contributed by atoms with Crippen molar-refractivity contribution in [3.8, 4) is 0 Å². The van der Waals surface area contributed by atoms with Gasteiger partial charge in [-0.2, -0.15) is 0 Å². The third kappa shape index (κ3) is 1.35. The van der Waals surface area contributed by atoms with Crippen LogP contribution in [0.25, 0.3) is 0 Å². The van der Waals surface area contributed by atoms with Gasteiger partial charge in [-0.25, -0.2) is 0 Å². The third-order valence-corrected chi connectivity index (χ3v) is 5.80. The van der Waals surface area contributed by atoms with E-state index in [4.69, 9.17) is 0 Å². The van der Waals surface area contributed by atoms with Crippen molar-refractivity contribution in [2.75, 3.05) is 19.6 Å². The number of amides is 1. The van der Waals surface area contributed by atoms with E-state index in [2.05, 4.69) is 17.1 Å². The lowest BCUT2D eigenvalue weighted by Crippen LogP contribution is -2.53. The van der Waals surface area contributed by atoms with Gasteiger partial charge in [0.05, 0.1) is 0 Å². The molecule has 0 aromatic carbocycles. The predicted molar refractivity (Wildman–Crippen MR) is 65.3 cm³/mol. The smallest absolute Gasteiger partial charge is 0.226 e. The normalized spacial score (nSPS) is 51.5. The van der Waals surface area contributed by atoms with Crippen LogP contribution in [0.1, 0.15) is 26.2 Å². The van der Waals surface area contributed by atoms with E-state index in [0.717, 1.165) is 43.3 Å². The lowest BCUT2D eigenvalue weighted by molar-refractivity contribution is -0.136. The van der Waals surface area contributed by atoms with Gasteiger partial charge in [0.2, 0.25) is 5.91 Å². The minimum absolute atomic E-state index is 0.398. The zero-order valence-electron chi connectivity index (χ0n) is 10.6. The van der Waals surface area contributed by atoms with Crippen LogP contribution in [0.2, 0.25) is 0 Å². The minimum Gasteiger partial charge on any atom is -0.337 e. The second-order valence-corrected chi connectivity index (χ2v) is 6.60. The van der Waals surface area contributed by atoms with Crippen LogP contribution < -0.4 is 5.32 Å². The summed E-state index contributed by atoms with van der Waals surface area (Å²) in [6, 6.07) is 0.398. The van der Waals surface area contributed by atoms with E-state index in [-0.39, 0.29) is 0 Å². The highest BCUT2D eigenvalue weighted by atomic mass is 16.2. The fraction of sp³-hybridized carbons (Fsp3) is 0.929. The first-order chi connectivity index (χ1) is 8.27. The molecule has 1 N–H and O–H groups in total. The van der Waals surface area contributed by atoms with Crippen molar-refractivity contribution in [3.05, 3.63) is 0 Å². The van der Waals surface area contributed by atoms with Gasteiger partial charge in [-0.15, -0.1) is 0 Å². The number of nitrogens with one attached hydrogen (secondary N) is 1. The molecule has 1 heterocycles. The molecule has 2 bridgehead atoms. The second kappa shape index (κ2) is 3.47. The van der Waals surface area contributed by atoms with Crippen LogP contribution in [0.4, 0.5) is 0 Å². The molecule has 1 aliphatic heterocycles. The molecule has 94 valence electrons. The largest absolute Gasteiger partial charge is 0.337 e. The molecule has 1 amide bonds. The Morgan fingerprint density at radius 3 is 2.59 bits per heavy atom. The summed E-state index contributed by atoms with van der Waals surface area (Å²) >= 11 is 0. The van der Waals surface area contributed by atoms with Gasteiger partial charge >= 0.3 is 0 Å². The highest BCUT2D eigenvalue weighted by Crippen LogP contribution is 2.69. The Balaban J connectivity index is 1.48. The third-order valence-electron chi connectivity index (χ3n) is 5.80. The van der Waals surface area contributed by atoms with Crippen LogP contribution in [0.5, 0.6) is 0 Å². The molecule has 4 unspecified atom stereocenters. The van der Waals surface area contributed by atoms with Crippen molar-refractivity contribution in [2.24, 2.45) is 29.6 Å². The lowest BCUT2D eigenvalue weighted by Gasteiger charge is -2.34. The molecule has 0 aromatic rings. The summed E-state index contributed by atoms with van der Waals surface area (Å²) in [7, 11) is 0. The van der Waals surface area contributed by atoms with Crippen molar-refractivity contribution in [3.63, 3.8) is 0 Å². The zero-order chi connectivity index (χ0) is 11.6. The molecular weight excluding hydrogens is 212 g/mol. The summed E-state index contributed by atoms with van der Waals surface area (Å²) < 4.78 is 0.